The second-order valence-corrected chi connectivity index (χ2v) is 5.21. The molecule has 0 saturated carbocycles. The molecule has 0 fully saturated rings. The minimum atomic E-state index is -1.30. The molecule has 1 unspecified atom stereocenters. The smallest absolute Gasteiger partial charge is 0.330 e. The average molecular weight is 298 g/mol. The highest BCUT2D eigenvalue weighted by molar-refractivity contribution is 5.93. The van der Waals surface area contributed by atoms with Crippen molar-refractivity contribution in [2.45, 2.75) is 19.1 Å². The number of benzene rings is 2. The molecule has 114 valence electrons. The van der Waals surface area contributed by atoms with E-state index in [-0.39, 0.29) is 6.61 Å². The Balaban J connectivity index is 2.08. The van der Waals surface area contributed by atoms with Gasteiger partial charge in [-0.25, -0.2) is 4.79 Å². The number of hydrogen-bond acceptors (Lipinski definition) is 4. The molecule has 2 aromatic rings. The van der Waals surface area contributed by atoms with Gasteiger partial charge in [0.2, 0.25) is 5.91 Å². The molecule has 0 heterocycles. The minimum absolute atomic E-state index is 0.159. The highest BCUT2D eigenvalue weighted by Gasteiger charge is 2.32. The molecule has 0 spiro atoms. The lowest BCUT2D eigenvalue weighted by Crippen LogP contribution is -2.43. The molecule has 5 nitrogen and oxygen atoms in total. The summed E-state index contributed by atoms with van der Waals surface area (Å²) in [6.45, 7) is 1.73. The van der Waals surface area contributed by atoms with Crippen LogP contribution in [0.2, 0.25) is 0 Å². The zero-order valence-corrected chi connectivity index (χ0v) is 12.3. The van der Waals surface area contributed by atoms with E-state index in [0.717, 1.165) is 5.56 Å². The summed E-state index contributed by atoms with van der Waals surface area (Å²) in [7, 11) is 0. The van der Waals surface area contributed by atoms with Crippen molar-refractivity contribution in [3.8, 4) is 0 Å². The van der Waals surface area contributed by atoms with Crippen molar-refractivity contribution in [1.82, 2.24) is 0 Å². The van der Waals surface area contributed by atoms with Crippen LogP contribution in [0, 0.1) is 0 Å². The van der Waals surface area contributed by atoms with Gasteiger partial charge >= 0.3 is 5.97 Å². The van der Waals surface area contributed by atoms with E-state index in [4.69, 9.17) is 16.2 Å². The molecular formula is C17H18N2O3. The predicted octanol–water partition coefficient (Wildman–Crippen LogP) is 1.70. The van der Waals surface area contributed by atoms with Crippen molar-refractivity contribution >= 4 is 11.9 Å². The Morgan fingerprint density at radius 2 is 1.64 bits per heavy atom. The third kappa shape index (κ3) is 3.51. The summed E-state index contributed by atoms with van der Waals surface area (Å²) >= 11 is 0. The van der Waals surface area contributed by atoms with Gasteiger partial charge in [0.1, 0.15) is 12.1 Å². The summed E-state index contributed by atoms with van der Waals surface area (Å²) in [5, 5.41) is 0. The summed E-state index contributed by atoms with van der Waals surface area (Å²) < 4.78 is 5.27. The van der Waals surface area contributed by atoms with Crippen LogP contribution >= 0.6 is 0 Å². The molecule has 0 aromatic heterocycles. The number of nitrogens with two attached hydrogens (primary N) is 2. The lowest BCUT2D eigenvalue weighted by atomic mass is 9.92. The van der Waals surface area contributed by atoms with Crippen LogP contribution in [0.25, 0.3) is 0 Å². The maximum absolute atomic E-state index is 12.2. The maximum Gasteiger partial charge on any atom is 0.330 e. The predicted molar refractivity (Wildman–Crippen MR) is 82.7 cm³/mol. The van der Waals surface area contributed by atoms with Gasteiger partial charge in [-0.05, 0) is 30.2 Å². The normalized spacial score (nSPS) is 13.2. The van der Waals surface area contributed by atoms with Gasteiger partial charge in [-0.2, -0.15) is 0 Å². The number of carbonyl (C=O) groups is 2. The van der Waals surface area contributed by atoms with Gasteiger partial charge in [0.15, 0.2) is 0 Å². The summed E-state index contributed by atoms with van der Waals surface area (Å²) in [5.74, 6) is -1.07. The number of carbonyl (C=O) groups excluding carboxylic acids is 2. The van der Waals surface area contributed by atoms with Crippen LogP contribution in [-0.4, -0.2) is 11.9 Å². The maximum atomic E-state index is 12.2. The van der Waals surface area contributed by atoms with Crippen LogP contribution in [0.1, 0.15) is 28.4 Å². The zero-order valence-electron chi connectivity index (χ0n) is 12.3. The van der Waals surface area contributed by atoms with Crippen molar-refractivity contribution in [2.24, 2.45) is 11.5 Å². The molecule has 4 N–H and O–H groups in total. The number of hydrogen-bond donors (Lipinski definition) is 2. The molecule has 1 amide bonds. The highest BCUT2D eigenvalue weighted by atomic mass is 16.5. The molecule has 0 aliphatic carbocycles. The number of ether oxygens (including phenoxy) is 1. The Labute approximate surface area is 128 Å². The van der Waals surface area contributed by atoms with Crippen LogP contribution < -0.4 is 11.5 Å². The number of amides is 1. The molecule has 22 heavy (non-hydrogen) atoms. The molecule has 1 atom stereocenters. The Kier molecular flexibility index (Phi) is 4.58. The van der Waals surface area contributed by atoms with Crippen molar-refractivity contribution in [1.29, 1.82) is 0 Å². The Morgan fingerprint density at radius 1 is 1.05 bits per heavy atom. The van der Waals surface area contributed by atoms with E-state index in [1.165, 1.54) is 12.1 Å². The van der Waals surface area contributed by atoms with Crippen molar-refractivity contribution in [3.05, 3.63) is 71.3 Å². The fraction of sp³-hybridized carbons (Fsp3) is 0.176. The van der Waals surface area contributed by atoms with Crippen LogP contribution in [0.5, 0.6) is 0 Å². The molecule has 0 saturated heterocycles. The van der Waals surface area contributed by atoms with E-state index < -0.39 is 17.4 Å². The topological polar surface area (TPSA) is 95.4 Å². The molecule has 5 heteroatoms. The summed E-state index contributed by atoms with van der Waals surface area (Å²) in [4.78, 5) is 23.3. The first-order valence-corrected chi connectivity index (χ1v) is 6.81. The van der Waals surface area contributed by atoms with Crippen LogP contribution in [0.3, 0.4) is 0 Å². The molecule has 0 bridgehead atoms. The Hall–Kier alpha value is -2.66. The van der Waals surface area contributed by atoms with Gasteiger partial charge in [-0.15, -0.1) is 0 Å². The summed E-state index contributed by atoms with van der Waals surface area (Å²) in [6, 6.07) is 15.6. The molecular weight excluding hydrogens is 280 g/mol. The zero-order chi connectivity index (χ0) is 16.2. The largest absolute Gasteiger partial charge is 0.459 e. The highest BCUT2D eigenvalue weighted by Crippen LogP contribution is 2.20. The van der Waals surface area contributed by atoms with Crippen molar-refractivity contribution < 1.29 is 14.3 Å². The monoisotopic (exact) mass is 298 g/mol. The summed E-state index contributed by atoms with van der Waals surface area (Å²) in [6.07, 6.45) is 0. The average Bonchev–Trinajstić information content (AvgIpc) is 2.53. The first kappa shape index (κ1) is 15.7. The molecule has 2 rings (SSSR count). The molecule has 0 aliphatic heterocycles. The van der Waals surface area contributed by atoms with Crippen molar-refractivity contribution in [2.75, 3.05) is 0 Å². The second kappa shape index (κ2) is 6.41. The van der Waals surface area contributed by atoms with E-state index in [9.17, 15) is 9.59 Å². The van der Waals surface area contributed by atoms with Gasteiger partial charge in [0, 0.05) is 5.56 Å². The van der Waals surface area contributed by atoms with Crippen LogP contribution in [-0.2, 0) is 21.7 Å². The lowest BCUT2D eigenvalue weighted by Gasteiger charge is -2.23. The van der Waals surface area contributed by atoms with Gasteiger partial charge in [0.05, 0.1) is 0 Å². The van der Waals surface area contributed by atoms with Crippen LogP contribution in [0.4, 0.5) is 0 Å². The summed E-state index contributed by atoms with van der Waals surface area (Å²) in [5.41, 5.74) is 11.8. The third-order valence-corrected chi connectivity index (χ3v) is 3.41. The minimum Gasteiger partial charge on any atom is -0.459 e. The second-order valence-electron chi connectivity index (χ2n) is 5.21. The lowest BCUT2D eigenvalue weighted by molar-refractivity contribution is -0.151. The van der Waals surface area contributed by atoms with Crippen LogP contribution in [0.15, 0.2) is 54.6 Å². The Bertz CT molecular complexity index is 664. The molecule has 0 aliphatic rings. The van der Waals surface area contributed by atoms with Gasteiger partial charge in [0.25, 0.3) is 0 Å². The number of esters is 1. The van der Waals surface area contributed by atoms with E-state index in [1.54, 1.807) is 19.1 Å². The van der Waals surface area contributed by atoms with Gasteiger partial charge < -0.3 is 16.2 Å². The van der Waals surface area contributed by atoms with Crippen molar-refractivity contribution in [3.63, 3.8) is 0 Å². The third-order valence-electron chi connectivity index (χ3n) is 3.41. The number of primary amides is 1. The van der Waals surface area contributed by atoms with E-state index in [1.807, 2.05) is 30.3 Å². The molecule has 2 aromatic carbocycles. The van der Waals surface area contributed by atoms with Gasteiger partial charge in [-0.1, -0.05) is 42.5 Å². The van der Waals surface area contributed by atoms with E-state index >= 15 is 0 Å². The van der Waals surface area contributed by atoms with E-state index in [2.05, 4.69) is 0 Å². The SMILES string of the molecule is CC(N)(C(=O)OCc1ccccc1)c1ccc(C(N)=O)cc1. The number of rotatable bonds is 5. The Morgan fingerprint density at radius 3 is 2.18 bits per heavy atom. The fourth-order valence-electron chi connectivity index (χ4n) is 1.97. The quantitative estimate of drug-likeness (QED) is 0.821. The fourth-order valence-corrected chi connectivity index (χ4v) is 1.97. The molecule has 0 radical (unpaired) electrons. The first-order valence-electron chi connectivity index (χ1n) is 6.81. The van der Waals surface area contributed by atoms with E-state index in [0.29, 0.717) is 11.1 Å². The van der Waals surface area contributed by atoms with Gasteiger partial charge in [-0.3, -0.25) is 4.79 Å². The standard InChI is InChI=1S/C17H18N2O3/c1-17(19,14-9-7-13(8-10-14)15(18)20)16(21)22-11-12-5-3-2-4-6-12/h2-10H,11,19H2,1H3,(H2,18,20). The first-order chi connectivity index (χ1) is 10.4.